The predicted octanol–water partition coefficient (Wildman–Crippen LogP) is 3.51. The first-order valence-electron chi connectivity index (χ1n) is 6.27. The van der Waals surface area contributed by atoms with Gasteiger partial charge in [-0.1, -0.05) is 13.0 Å². The van der Waals surface area contributed by atoms with Crippen molar-refractivity contribution in [2.75, 3.05) is 5.32 Å². The molecule has 0 fully saturated rings. The fourth-order valence-electron chi connectivity index (χ4n) is 1.89. The lowest BCUT2D eigenvalue weighted by Gasteiger charge is -2.13. The van der Waals surface area contributed by atoms with Crippen molar-refractivity contribution in [1.29, 1.82) is 0 Å². The number of rotatable bonds is 4. The van der Waals surface area contributed by atoms with Gasteiger partial charge in [-0.2, -0.15) is 0 Å². The average molecular weight is 294 g/mol. The molecule has 2 aromatic carbocycles. The largest absolute Gasteiger partial charge is 0.366 e. The van der Waals surface area contributed by atoms with Crippen LogP contribution < -0.4 is 11.1 Å². The summed E-state index contributed by atoms with van der Waals surface area (Å²) in [6, 6.07) is 6.15. The summed E-state index contributed by atoms with van der Waals surface area (Å²) in [7, 11) is 0. The third-order valence-corrected chi connectivity index (χ3v) is 3.06. The van der Waals surface area contributed by atoms with E-state index in [0.717, 1.165) is 17.7 Å². The monoisotopic (exact) mass is 294 g/mol. The minimum atomic E-state index is -1.29. The van der Waals surface area contributed by atoms with Gasteiger partial charge >= 0.3 is 0 Å². The molecule has 0 saturated carbocycles. The average Bonchev–Trinajstić information content (AvgIpc) is 2.45. The quantitative estimate of drug-likeness (QED) is 0.906. The summed E-state index contributed by atoms with van der Waals surface area (Å²) >= 11 is 0. The van der Waals surface area contributed by atoms with Crippen molar-refractivity contribution in [2.24, 2.45) is 5.73 Å². The molecule has 21 heavy (non-hydrogen) atoms. The summed E-state index contributed by atoms with van der Waals surface area (Å²) in [5, 5.41) is 2.39. The number of nitrogens with one attached hydrogen (secondary N) is 1. The Morgan fingerprint density at radius 3 is 2.43 bits per heavy atom. The summed E-state index contributed by atoms with van der Waals surface area (Å²) < 4.78 is 41.0. The molecular formula is C15H13F3N2O. The highest BCUT2D eigenvalue weighted by Crippen LogP contribution is 2.28. The van der Waals surface area contributed by atoms with Crippen molar-refractivity contribution in [3.8, 4) is 0 Å². The number of hydrogen-bond donors (Lipinski definition) is 2. The summed E-state index contributed by atoms with van der Waals surface area (Å²) in [4.78, 5) is 11.3. The van der Waals surface area contributed by atoms with Crippen LogP contribution in [0.4, 0.5) is 24.5 Å². The fourth-order valence-corrected chi connectivity index (χ4v) is 1.89. The molecule has 2 aromatic rings. The van der Waals surface area contributed by atoms with Gasteiger partial charge in [0, 0.05) is 0 Å². The number of carbonyl (C=O) groups is 1. The maximum absolute atomic E-state index is 13.9. The first-order chi connectivity index (χ1) is 9.93. The van der Waals surface area contributed by atoms with Gasteiger partial charge in [0.2, 0.25) is 0 Å². The van der Waals surface area contributed by atoms with E-state index in [9.17, 15) is 18.0 Å². The number of aryl methyl sites for hydroxylation is 1. The Morgan fingerprint density at radius 2 is 1.86 bits per heavy atom. The van der Waals surface area contributed by atoms with E-state index in [1.165, 1.54) is 12.1 Å². The second-order valence-electron chi connectivity index (χ2n) is 4.44. The van der Waals surface area contributed by atoms with E-state index < -0.39 is 29.0 Å². The zero-order valence-electron chi connectivity index (χ0n) is 11.2. The van der Waals surface area contributed by atoms with Gasteiger partial charge in [0.25, 0.3) is 5.91 Å². The Balaban J connectivity index is 2.48. The second kappa shape index (κ2) is 5.87. The molecule has 6 heteroatoms. The minimum Gasteiger partial charge on any atom is -0.366 e. The molecule has 2 rings (SSSR count). The van der Waals surface area contributed by atoms with Crippen molar-refractivity contribution in [2.45, 2.75) is 13.3 Å². The fraction of sp³-hybridized carbons (Fsp3) is 0.133. The van der Waals surface area contributed by atoms with Crippen LogP contribution in [0.3, 0.4) is 0 Å². The Kier molecular flexibility index (Phi) is 4.16. The Bertz CT molecular complexity index is 702. The van der Waals surface area contributed by atoms with Crippen LogP contribution >= 0.6 is 0 Å². The van der Waals surface area contributed by atoms with Crippen LogP contribution in [0.2, 0.25) is 0 Å². The molecule has 0 aliphatic rings. The summed E-state index contributed by atoms with van der Waals surface area (Å²) in [6.45, 7) is 1.86. The number of primary amides is 1. The van der Waals surface area contributed by atoms with Gasteiger partial charge < -0.3 is 11.1 Å². The number of nitrogens with two attached hydrogens (primary N) is 1. The molecule has 0 bridgehead atoms. The minimum absolute atomic E-state index is 0.0702. The number of hydrogen-bond acceptors (Lipinski definition) is 2. The number of anilines is 2. The Morgan fingerprint density at radius 1 is 1.14 bits per heavy atom. The second-order valence-corrected chi connectivity index (χ2v) is 4.44. The number of halogens is 3. The highest BCUT2D eigenvalue weighted by molar-refractivity contribution is 5.99. The lowest BCUT2D eigenvalue weighted by atomic mass is 10.1. The lowest BCUT2D eigenvalue weighted by molar-refractivity contribution is 0.100. The number of amides is 1. The zero-order valence-corrected chi connectivity index (χ0v) is 11.2. The van der Waals surface area contributed by atoms with Gasteiger partial charge in [0.05, 0.1) is 16.9 Å². The van der Waals surface area contributed by atoms with Gasteiger partial charge in [-0.3, -0.25) is 4.79 Å². The van der Waals surface area contributed by atoms with E-state index in [2.05, 4.69) is 5.32 Å². The third kappa shape index (κ3) is 2.99. The first kappa shape index (κ1) is 14.9. The van der Waals surface area contributed by atoms with Crippen molar-refractivity contribution >= 4 is 17.3 Å². The summed E-state index contributed by atoms with van der Waals surface area (Å²) in [6.07, 6.45) is 0.637. The molecule has 110 valence electrons. The topological polar surface area (TPSA) is 55.1 Å². The molecule has 0 unspecified atom stereocenters. The van der Waals surface area contributed by atoms with Crippen molar-refractivity contribution in [3.63, 3.8) is 0 Å². The molecular weight excluding hydrogens is 281 g/mol. The predicted molar refractivity (Wildman–Crippen MR) is 73.9 cm³/mol. The third-order valence-electron chi connectivity index (χ3n) is 3.06. The highest BCUT2D eigenvalue weighted by Gasteiger charge is 2.18. The van der Waals surface area contributed by atoms with Crippen molar-refractivity contribution in [1.82, 2.24) is 0 Å². The summed E-state index contributed by atoms with van der Waals surface area (Å²) in [5.41, 5.74) is 5.06. The smallest absolute Gasteiger partial charge is 0.250 e. The van der Waals surface area contributed by atoms with Gasteiger partial charge in [0.15, 0.2) is 11.6 Å². The van der Waals surface area contributed by atoms with Crippen LogP contribution in [0.25, 0.3) is 0 Å². The van der Waals surface area contributed by atoms with Crippen LogP contribution in [-0.4, -0.2) is 5.91 Å². The van der Waals surface area contributed by atoms with Gasteiger partial charge in [-0.05, 0) is 36.2 Å². The van der Waals surface area contributed by atoms with Crippen molar-refractivity contribution < 1.29 is 18.0 Å². The Hall–Kier alpha value is -2.50. The summed E-state index contributed by atoms with van der Waals surface area (Å²) in [5.74, 6) is -4.02. The maximum atomic E-state index is 13.9. The van der Waals surface area contributed by atoms with Gasteiger partial charge in [-0.15, -0.1) is 0 Å². The Labute approximate surface area is 119 Å². The molecule has 0 aliphatic carbocycles. The van der Waals surface area contributed by atoms with E-state index in [0.29, 0.717) is 6.42 Å². The van der Waals surface area contributed by atoms with E-state index in [1.54, 1.807) is 6.07 Å². The van der Waals surface area contributed by atoms with Crippen LogP contribution in [0.5, 0.6) is 0 Å². The SMILES string of the molecule is CCc1ccc(Nc2c(C(N)=O)ccc(F)c2F)c(F)c1. The standard InChI is InChI=1S/C15H13F3N2O/c1-2-8-3-6-12(11(17)7-8)20-14-9(15(19)21)4-5-10(16)13(14)18/h3-7,20H,2H2,1H3,(H2,19,21). The lowest BCUT2D eigenvalue weighted by Crippen LogP contribution is -2.15. The van der Waals surface area contributed by atoms with Crippen LogP contribution in [-0.2, 0) is 6.42 Å². The molecule has 0 aromatic heterocycles. The van der Waals surface area contributed by atoms with Gasteiger partial charge in [-0.25, -0.2) is 13.2 Å². The molecule has 0 aliphatic heterocycles. The van der Waals surface area contributed by atoms with Crippen LogP contribution in [0.1, 0.15) is 22.8 Å². The normalized spacial score (nSPS) is 10.5. The first-order valence-corrected chi connectivity index (χ1v) is 6.27. The van der Waals surface area contributed by atoms with E-state index in [1.807, 2.05) is 6.92 Å². The molecule has 0 heterocycles. The molecule has 3 N–H and O–H groups in total. The molecule has 0 radical (unpaired) electrons. The zero-order chi connectivity index (χ0) is 15.6. The molecule has 0 saturated heterocycles. The molecule has 0 atom stereocenters. The number of carbonyl (C=O) groups excluding carboxylic acids is 1. The molecule has 1 amide bonds. The maximum Gasteiger partial charge on any atom is 0.250 e. The van der Waals surface area contributed by atoms with Crippen LogP contribution in [0, 0.1) is 17.5 Å². The van der Waals surface area contributed by atoms with E-state index >= 15 is 0 Å². The van der Waals surface area contributed by atoms with Crippen LogP contribution in [0.15, 0.2) is 30.3 Å². The highest BCUT2D eigenvalue weighted by atomic mass is 19.2. The van der Waals surface area contributed by atoms with E-state index in [-0.39, 0.29) is 11.3 Å². The van der Waals surface area contributed by atoms with Gasteiger partial charge in [0.1, 0.15) is 5.82 Å². The van der Waals surface area contributed by atoms with E-state index in [4.69, 9.17) is 5.73 Å². The molecule has 3 nitrogen and oxygen atoms in total. The van der Waals surface area contributed by atoms with Crippen molar-refractivity contribution in [3.05, 3.63) is 58.9 Å². The number of benzene rings is 2. The molecule has 0 spiro atoms.